The van der Waals surface area contributed by atoms with E-state index in [1.807, 2.05) is 14.2 Å². The Labute approximate surface area is 390 Å². The molecule has 1 N–H and O–H groups in total. The Balaban J connectivity index is 0. The zero-order valence-corrected chi connectivity index (χ0v) is 42.8. The number of likely N-dealkylation sites (N-methyl/N-ethyl adjacent to an activating group) is 1. The molecule has 0 aromatic heterocycles. The van der Waals surface area contributed by atoms with Gasteiger partial charge in [-0.25, -0.2) is 0 Å². The van der Waals surface area contributed by atoms with E-state index in [0.29, 0.717) is 37.3 Å². The molecule has 0 spiro atoms. The molecule has 0 fully saturated rings. The molecule has 0 saturated carbocycles. The molecule has 0 aromatic rings. The first-order chi connectivity index (χ1) is 30.8. The predicted molar refractivity (Wildman–Crippen MR) is 268 cm³/mol. The number of ether oxygens (including phenoxy) is 2. The quantitative estimate of drug-likeness (QED) is 0.0366. The number of rotatable bonds is 45. The van der Waals surface area contributed by atoms with Crippen LogP contribution in [-0.2, 0) is 28.7 Å². The van der Waals surface area contributed by atoms with Gasteiger partial charge in [0.2, 0.25) is 0 Å². The monoisotopic (exact) mass is 892 g/mol. The van der Waals surface area contributed by atoms with Gasteiger partial charge in [0, 0.05) is 46.7 Å². The largest absolute Gasteiger partial charge is 0.381 e. The van der Waals surface area contributed by atoms with Crippen molar-refractivity contribution in [2.24, 2.45) is 0 Å². The van der Waals surface area contributed by atoms with Crippen LogP contribution < -0.4 is 5.32 Å². The minimum Gasteiger partial charge on any atom is -0.381 e. The van der Waals surface area contributed by atoms with Crippen LogP contribution in [0, 0.1) is 0 Å². The molecule has 1 unspecified atom stereocenters. The second-order valence-corrected chi connectivity index (χ2v) is 18.1. The first-order valence-corrected chi connectivity index (χ1v) is 26.7. The lowest BCUT2D eigenvalue weighted by molar-refractivity contribution is -0.135. The van der Waals surface area contributed by atoms with Gasteiger partial charge in [-0.05, 0) is 77.4 Å². The van der Waals surface area contributed by atoms with E-state index in [9.17, 15) is 19.2 Å². The summed E-state index contributed by atoms with van der Waals surface area (Å²) in [5.74, 6) is -0.526. The van der Waals surface area contributed by atoms with Crippen LogP contribution in [-0.4, -0.2) is 93.8 Å². The fourth-order valence-corrected chi connectivity index (χ4v) is 8.06. The second kappa shape index (κ2) is 50.9. The minimum atomic E-state index is -0.268. The zero-order chi connectivity index (χ0) is 46.9. The molecular formula is C54H105N3O6. The highest BCUT2D eigenvalue weighted by Gasteiger charge is 2.27. The first-order valence-electron chi connectivity index (χ1n) is 26.7. The lowest BCUT2D eigenvalue weighted by atomic mass is 10.0. The number of nitrogens with zero attached hydrogens (tertiary/aromatic N) is 2. The van der Waals surface area contributed by atoms with Crippen molar-refractivity contribution in [2.45, 2.75) is 265 Å². The van der Waals surface area contributed by atoms with Crippen LogP contribution in [0.15, 0.2) is 11.8 Å². The van der Waals surface area contributed by atoms with E-state index in [-0.39, 0.29) is 11.8 Å². The number of hydrogen-bond acceptors (Lipinski definition) is 8. The molecule has 0 aromatic carbocycles. The van der Waals surface area contributed by atoms with Gasteiger partial charge in [-0.15, -0.1) is 0 Å². The summed E-state index contributed by atoms with van der Waals surface area (Å²) in [6, 6.07) is 0. The number of carbonyl (C=O) groups is 4. The van der Waals surface area contributed by atoms with Crippen molar-refractivity contribution >= 4 is 24.4 Å². The average molecular weight is 892 g/mol. The van der Waals surface area contributed by atoms with E-state index < -0.39 is 0 Å². The van der Waals surface area contributed by atoms with Gasteiger partial charge in [-0.1, -0.05) is 182 Å². The summed E-state index contributed by atoms with van der Waals surface area (Å²) in [5.41, 5.74) is 0.393. The number of hydrogen-bond donors (Lipinski definition) is 1. The van der Waals surface area contributed by atoms with Crippen LogP contribution in [0.1, 0.15) is 252 Å². The molecule has 0 aliphatic carbocycles. The van der Waals surface area contributed by atoms with Crippen molar-refractivity contribution in [2.75, 3.05) is 47.4 Å². The molecule has 1 heterocycles. The summed E-state index contributed by atoms with van der Waals surface area (Å²) >= 11 is 0. The van der Waals surface area contributed by atoms with E-state index in [1.54, 1.807) is 0 Å². The normalized spacial score (nSPS) is 12.9. The standard InChI is InChI=1S/C24H41N3O4.C18H38O.C12H26O/c1-26-23(30)21-22(24(26)31)25-15-14-18-27(16-10-6-2-4-8-12-19-28)17-11-7-3-5-9-13-20-29;1-4-6-8-10-12-14-16-18(19-3)17-15-13-11-9-7-5-2;1-4-6-7-8-9-10-11-12(5-2)13-3/h19-21,25H,2-18H2,1H3;18H,4-17H2,1-3H3;12H,4-11H2,1-3H3. The third kappa shape index (κ3) is 42.3. The maximum absolute atomic E-state index is 11.9. The van der Waals surface area contributed by atoms with Gasteiger partial charge in [0.25, 0.3) is 11.8 Å². The molecule has 9 nitrogen and oxygen atoms in total. The number of carbonyl (C=O) groups excluding carboxylic acids is 4. The van der Waals surface area contributed by atoms with Gasteiger partial charge in [-0.2, -0.15) is 0 Å². The Morgan fingerprint density at radius 2 is 0.889 bits per heavy atom. The molecule has 1 rings (SSSR count). The molecule has 2 amide bonds. The smallest absolute Gasteiger partial charge is 0.276 e. The van der Waals surface area contributed by atoms with Crippen LogP contribution >= 0.6 is 0 Å². The summed E-state index contributed by atoms with van der Waals surface area (Å²) < 4.78 is 10.9. The lowest BCUT2D eigenvalue weighted by Gasteiger charge is -2.22. The van der Waals surface area contributed by atoms with E-state index in [4.69, 9.17) is 9.47 Å². The van der Waals surface area contributed by atoms with E-state index in [0.717, 1.165) is 88.5 Å². The van der Waals surface area contributed by atoms with Crippen molar-refractivity contribution in [3.05, 3.63) is 11.8 Å². The summed E-state index contributed by atoms with van der Waals surface area (Å²) in [6.45, 7) is 12.8. The Morgan fingerprint density at radius 3 is 1.25 bits per heavy atom. The number of nitrogens with one attached hydrogen (secondary N) is 1. The Hall–Kier alpha value is -2.10. The molecule has 0 bridgehead atoms. The van der Waals surface area contributed by atoms with Gasteiger partial charge in [0.05, 0.1) is 12.2 Å². The van der Waals surface area contributed by atoms with E-state index in [1.165, 1.54) is 174 Å². The topological polar surface area (TPSA) is 105 Å². The maximum atomic E-state index is 11.9. The van der Waals surface area contributed by atoms with Crippen LogP contribution in [0.4, 0.5) is 0 Å². The summed E-state index contributed by atoms with van der Waals surface area (Å²) in [6.07, 6.45) is 47.9. The molecule has 63 heavy (non-hydrogen) atoms. The zero-order valence-electron chi connectivity index (χ0n) is 42.8. The molecule has 0 saturated heterocycles. The fourth-order valence-electron chi connectivity index (χ4n) is 8.06. The summed E-state index contributed by atoms with van der Waals surface area (Å²) in [4.78, 5) is 47.8. The first kappa shape index (κ1) is 63.0. The molecule has 1 atom stereocenters. The minimum absolute atomic E-state index is 0.258. The number of aldehydes is 2. The highest BCUT2D eigenvalue weighted by Crippen LogP contribution is 2.17. The van der Waals surface area contributed by atoms with Crippen molar-refractivity contribution in [3.63, 3.8) is 0 Å². The van der Waals surface area contributed by atoms with Crippen molar-refractivity contribution in [1.29, 1.82) is 0 Å². The number of imide groups is 1. The second-order valence-electron chi connectivity index (χ2n) is 18.1. The van der Waals surface area contributed by atoms with E-state index >= 15 is 0 Å². The molecular weight excluding hydrogens is 787 g/mol. The molecule has 9 heteroatoms. The fraction of sp³-hybridized carbons (Fsp3) is 0.889. The van der Waals surface area contributed by atoms with Crippen LogP contribution in [0.25, 0.3) is 0 Å². The van der Waals surface area contributed by atoms with Crippen LogP contribution in [0.2, 0.25) is 0 Å². The summed E-state index contributed by atoms with van der Waals surface area (Å²) in [5, 5.41) is 3.10. The molecule has 372 valence electrons. The van der Waals surface area contributed by atoms with Gasteiger partial charge in [0.15, 0.2) is 0 Å². The molecule has 0 radical (unpaired) electrons. The maximum Gasteiger partial charge on any atom is 0.276 e. The van der Waals surface area contributed by atoms with Crippen molar-refractivity contribution in [1.82, 2.24) is 15.1 Å². The number of methoxy groups -OCH3 is 2. The Morgan fingerprint density at radius 1 is 0.524 bits per heavy atom. The average Bonchev–Trinajstić information content (AvgIpc) is 3.54. The van der Waals surface area contributed by atoms with Gasteiger partial charge in [-0.3, -0.25) is 14.5 Å². The number of amides is 2. The van der Waals surface area contributed by atoms with Gasteiger partial charge in [0.1, 0.15) is 18.3 Å². The number of unbranched alkanes of at least 4 members (excludes halogenated alkanes) is 25. The van der Waals surface area contributed by atoms with Crippen LogP contribution in [0.5, 0.6) is 0 Å². The Bertz CT molecular complexity index is 997. The lowest BCUT2D eigenvalue weighted by Crippen LogP contribution is -2.32. The van der Waals surface area contributed by atoms with Crippen molar-refractivity contribution < 1.29 is 28.7 Å². The third-order valence-corrected chi connectivity index (χ3v) is 12.5. The Kier molecular flexibility index (Phi) is 50.9. The molecule has 1 aliphatic heterocycles. The van der Waals surface area contributed by atoms with Gasteiger partial charge >= 0.3 is 0 Å². The predicted octanol–water partition coefficient (Wildman–Crippen LogP) is 13.9. The SMILES string of the molecule is CCCCCCCCC(CC)OC.CCCCCCCCC(CCCCCCCC)OC.CN1C(=O)C=C(NCCCN(CCCCCCCC=O)CCCCCCCC=O)C1=O. The van der Waals surface area contributed by atoms with Crippen molar-refractivity contribution in [3.8, 4) is 0 Å². The highest BCUT2D eigenvalue weighted by atomic mass is 16.5. The highest BCUT2D eigenvalue weighted by molar-refractivity contribution is 6.15. The molecule has 1 aliphatic rings. The summed E-state index contributed by atoms with van der Waals surface area (Å²) in [7, 11) is 5.21. The van der Waals surface area contributed by atoms with E-state index in [2.05, 4.69) is 37.9 Å². The third-order valence-electron chi connectivity index (χ3n) is 12.5. The van der Waals surface area contributed by atoms with Crippen LogP contribution in [0.3, 0.4) is 0 Å². The van der Waals surface area contributed by atoms with Gasteiger partial charge < -0.3 is 29.3 Å².